The second-order valence-electron chi connectivity index (χ2n) is 6.93. The van der Waals surface area contributed by atoms with E-state index in [-0.39, 0.29) is 6.10 Å². The molecule has 0 heterocycles. The van der Waals surface area contributed by atoms with Crippen molar-refractivity contribution in [2.24, 2.45) is 0 Å². The Labute approximate surface area is 159 Å². The second-order valence-corrected chi connectivity index (χ2v) is 6.93. The number of rotatable bonds is 12. The van der Waals surface area contributed by atoms with Crippen LogP contribution in [0.5, 0.6) is 0 Å². The molecule has 154 valence electrons. The SMILES string of the molecule is CCCCCCCCCCC(CC)OC(=O)c1cc(F)cc(C(F)(F)F)c1. The van der Waals surface area contributed by atoms with Crippen LogP contribution in [0.15, 0.2) is 18.2 Å². The standard InChI is InChI=1S/C21H30F4O2/c1-3-5-6-7-8-9-10-11-12-19(4-2)27-20(26)16-13-17(21(23,24)25)15-18(22)14-16/h13-15,19H,3-12H2,1-2H3. The Kier molecular flexibility index (Phi) is 10.4. The third-order valence-electron chi connectivity index (χ3n) is 4.57. The highest BCUT2D eigenvalue weighted by molar-refractivity contribution is 5.89. The van der Waals surface area contributed by atoms with Gasteiger partial charge in [0.25, 0.3) is 0 Å². The Hall–Kier alpha value is -1.59. The summed E-state index contributed by atoms with van der Waals surface area (Å²) in [4.78, 5) is 12.1. The van der Waals surface area contributed by atoms with Crippen molar-refractivity contribution in [2.75, 3.05) is 0 Å². The van der Waals surface area contributed by atoms with Gasteiger partial charge in [-0.25, -0.2) is 9.18 Å². The minimum absolute atomic E-state index is 0.366. The first-order valence-electron chi connectivity index (χ1n) is 9.86. The van der Waals surface area contributed by atoms with Crippen LogP contribution in [0.3, 0.4) is 0 Å². The van der Waals surface area contributed by atoms with E-state index in [9.17, 15) is 22.4 Å². The highest BCUT2D eigenvalue weighted by Gasteiger charge is 2.32. The molecule has 0 aliphatic rings. The van der Waals surface area contributed by atoms with Gasteiger partial charge in [-0.05, 0) is 37.5 Å². The van der Waals surface area contributed by atoms with Crippen LogP contribution in [0.4, 0.5) is 17.6 Å². The second kappa shape index (κ2) is 12.0. The third kappa shape index (κ3) is 9.25. The zero-order valence-corrected chi connectivity index (χ0v) is 16.2. The summed E-state index contributed by atoms with van der Waals surface area (Å²) in [6, 6.07) is 1.78. The van der Waals surface area contributed by atoms with Crippen molar-refractivity contribution in [3.8, 4) is 0 Å². The first-order chi connectivity index (χ1) is 12.8. The quantitative estimate of drug-likeness (QED) is 0.212. The number of ether oxygens (including phenoxy) is 1. The fourth-order valence-electron chi connectivity index (χ4n) is 2.94. The van der Waals surface area contributed by atoms with E-state index in [1.807, 2.05) is 6.92 Å². The lowest BCUT2D eigenvalue weighted by atomic mass is 10.0. The summed E-state index contributed by atoms with van der Waals surface area (Å²) in [5, 5.41) is 0. The lowest BCUT2D eigenvalue weighted by Gasteiger charge is -2.17. The summed E-state index contributed by atoms with van der Waals surface area (Å²) < 4.78 is 57.0. The molecule has 0 N–H and O–H groups in total. The van der Waals surface area contributed by atoms with Crippen LogP contribution < -0.4 is 0 Å². The monoisotopic (exact) mass is 390 g/mol. The zero-order valence-electron chi connectivity index (χ0n) is 16.2. The molecule has 2 nitrogen and oxygen atoms in total. The van der Waals surface area contributed by atoms with Crippen molar-refractivity contribution < 1.29 is 27.1 Å². The predicted octanol–water partition coefficient (Wildman–Crippen LogP) is 7.31. The molecular weight excluding hydrogens is 360 g/mol. The van der Waals surface area contributed by atoms with Crippen LogP contribution in [-0.2, 0) is 10.9 Å². The van der Waals surface area contributed by atoms with Crippen molar-refractivity contribution >= 4 is 5.97 Å². The summed E-state index contributed by atoms with van der Waals surface area (Å²) in [5.74, 6) is -2.01. The molecule has 0 fully saturated rings. The van der Waals surface area contributed by atoms with Crippen LogP contribution >= 0.6 is 0 Å². The smallest absolute Gasteiger partial charge is 0.416 e. The van der Waals surface area contributed by atoms with E-state index < -0.39 is 29.1 Å². The van der Waals surface area contributed by atoms with Crippen LogP contribution in [0.25, 0.3) is 0 Å². The number of carbonyl (C=O) groups is 1. The molecule has 0 aliphatic heterocycles. The maximum absolute atomic E-state index is 13.4. The molecule has 1 aromatic rings. The Balaban J connectivity index is 2.46. The topological polar surface area (TPSA) is 26.3 Å². The van der Waals surface area contributed by atoms with Gasteiger partial charge in [-0.2, -0.15) is 13.2 Å². The van der Waals surface area contributed by atoms with Crippen LogP contribution in [0, 0.1) is 5.82 Å². The van der Waals surface area contributed by atoms with E-state index in [0.29, 0.717) is 25.0 Å². The van der Waals surface area contributed by atoms with Gasteiger partial charge in [0, 0.05) is 0 Å². The van der Waals surface area contributed by atoms with Gasteiger partial charge < -0.3 is 4.74 Å². The van der Waals surface area contributed by atoms with Crippen molar-refractivity contribution in [3.63, 3.8) is 0 Å². The summed E-state index contributed by atoms with van der Waals surface area (Å²) in [7, 11) is 0. The molecule has 0 saturated heterocycles. The fraction of sp³-hybridized carbons (Fsp3) is 0.667. The average molecular weight is 390 g/mol. The lowest BCUT2D eigenvalue weighted by Crippen LogP contribution is -2.18. The first-order valence-corrected chi connectivity index (χ1v) is 9.86. The molecule has 0 bridgehead atoms. The molecule has 1 aromatic carbocycles. The molecule has 0 radical (unpaired) electrons. The number of carbonyl (C=O) groups excluding carboxylic acids is 1. The molecular formula is C21H30F4O2. The normalized spacial score (nSPS) is 12.8. The van der Waals surface area contributed by atoms with Crippen molar-refractivity contribution in [3.05, 3.63) is 35.1 Å². The van der Waals surface area contributed by atoms with Gasteiger partial charge in [0.2, 0.25) is 0 Å². The van der Waals surface area contributed by atoms with E-state index in [2.05, 4.69) is 6.92 Å². The number of benzene rings is 1. The van der Waals surface area contributed by atoms with Crippen molar-refractivity contribution in [1.82, 2.24) is 0 Å². The molecule has 0 aromatic heterocycles. The van der Waals surface area contributed by atoms with Crippen molar-refractivity contribution in [1.29, 1.82) is 0 Å². The van der Waals surface area contributed by atoms with Crippen molar-refractivity contribution in [2.45, 2.75) is 90.3 Å². The highest BCUT2D eigenvalue weighted by Crippen LogP contribution is 2.30. The zero-order chi connectivity index (χ0) is 20.3. The largest absolute Gasteiger partial charge is 0.459 e. The maximum atomic E-state index is 13.4. The maximum Gasteiger partial charge on any atom is 0.416 e. The first kappa shape index (κ1) is 23.4. The Bertz CT molecular complexity index is 570. The highest BCUT2D eigenvalue weighted by atomic mass is 19.4. The summed E-state index contributed by atoms with van der Waals surface area (Å²) >= 11 is 0. The molecule has 0 aliphatic carbocycles. The number of hydrogen-bond donors (Lipinski definition) is 0. The van der Waals surface area contributed by atoms with Crippen LogP contribution in [0.2, 0.25) is 0 Å². The minimum Gasteiger partial charge on any atom is -0.459 e. The molecule has 27 heavy (non-hydrogen) atoms. The van der Waals surface area contributed by atoms with Gasteiger partial charge in [-0.3, -0.25) is 0 Å². The number of hydrogen-bond acceptors (Lipinski definition) is 2. The molecule has 1 atom stereocenters. The summed E-state index contributed by atoms with van der Waals surface area (Å²) in [5.41, 5.74) is -1.60. The Morgan fingerprint density at radius 3 is 2.11 bits per heavy atom. The number of alkyl halides is 3. The predicted molar refractivity (Wildman–Crippen MR) is 98.1 cm³/mol. The van der Waals surface area contributed by atoms with E-state index in [1.165, 1.54) is 32.1 Å². The average Bonchev–Trinajstić information content (AvgIpc) is 2.61. The van der Waals surface area contributed by atoms with E-state index in [1.54, 1.807) is 0 Å². The molecule has 0 saturated carbocycles. The van der Waals surface area contributed by atoms with Gasteiger partial charge >= 0.3 is 12.1 Å². The molecule has 6 heteroatoms. The molecule has 0 spiro atoms. The van der Waals surface area contributed by atoms with Gasteiger partial charge in [-0.1, -0.05) is 58.8 Å². The Morgan fingerprint density at radius 2 is 1.56 bits per heavy atom. The van der Waals surface area contributed by atoms with Gasteiger partial charge in [-0.15, -0.1) is 0 Å². The Morgan fingerprint density at radius 1 is 0.963 bits per heavy atom. The molecule has 1 rings (SSSR count). The summed E-state index contributed by atoms with van der Waals surface area (Å²) in [6.07, 6.45) is 5.42. The van der Waals surface area contributed by atoms with E-state index >= 15 is 0 Å². The number of unbranched alkanes of at least 4 members (excludes halogenated alkanes) is 7. The molecule has 0 amide bonds. The van der Waals surface area contributed by atoms with Gasteiger partial charge in [0.1, 0.15) is 11.9 Å². The number of halogens is 4. The summed E-state index contributed by atoms with van der Waals surface area (Å²) in [6.45, 7) is 4.04. The van der Waals surface area contributed by atoms with Gasteiger partial charge in [0.15, 0.2) is 0 Å². The van der Waals surface area contributed by atoms with Crippen LogP contribution in [-0.4, -0.2) is 12.1 Å². The lowest BCUT2D eigenvalue weighted by molar-refractivity contribution is -0.137. The molecule has 1 unspecified atom stereocenters. The minimum atomic E-state index is -4.71. The van der Waals surface area contributed by atoms with Crippen LogP contribution in [0.1, 0.15) is 94.0 Å². The van der Waals surface area contributed by atoms with E-state index in [0.717, 1.165) is 25.3 Å². The van der Waals surface area contributed by atoms with Gasteiger partial charge in [0.05, 0.1) is 11.1 Å². The van der Waals surface area contributed by atoms with E-state index in [4.69, 9.17) is 4.74 Å². The fourth-order valence-corrected chi connectivity index (χ4v) is 2.94. The third-order valence-corrected chi connectivity index (χ3v) is 4.57. The number of esters is 1.